The molecule has 0 spiro atoms. The summed E-state index contributed by atoms with van der Waals surface area (Å²) in [5.74, 6) is 2.12. The maximum atomic E-state index is 2.24. The Labute approximate surface area is 102 Å². The standard InChI is InChI=1S/C12H18.C4H10/c1-9(2)11-5-7-12(8-6-11)10(3)4;1-4(2)3/h5-10H,1-4H3;4H,1-3H3. The lowest BCUT2D eigenvalue weighted by Gasteiger charge is -2.08. The van der Waals surface area contributed by atoms with E-state index in [1.807, 2.05) is 0 Å². The van der Waals surface area contributed by atoms with E-state index in [4.69, 9.17) is 0 Å². The SMILES string of the molecule is CC(C)C.CC(C)c1ccc(C(C)C)cc1. The first-order valence-corrected chi connectivity index (χ1v) is 6.44. The molecule has 0 heterocycles. The number of hydrogen-bond donors (Lipinski definition) is 0. The third-order valence-corrected chi connectivity index (χ3v) is 2.27. The molecule has 0 aliphatic heterocycles. The molecule has 0 aliphatic carbocycles. The van der Waals surface area contributed by atoms with E-state index in [-0.39, 0.29) is 0 Å². The molecule has 0 fully saturated rings. The fourth-order valence-electron chi connectivity index (χ4n) is 1.27. The van der Waals surface area contributed by atoms with E-state index in [0.717, 1.165) is 5.92 Å². The summed E-state index contributed by atoms with van der Waals surface area (Å²) in [6.07, 6.45) is 0. The third-order valence-electron chi connectivity index (χ3n) is 2.27. The fraction of sp³-hybridized carbons (Fsp3) is 0.625. The summed E-state index contributed by atoms with van der Waals surface area (Å²) in [6, 6.07) is 8.94. The van der Waals surface area contributed by atoms with Crippen LogP contribution >= 0.6 is 0 Å². The number of rotatable bonds is 2. The molecule has 0 amide bonds. The van der Waals surface area contributed by atoms with Crippen molar-refractivity contribution in [3.8, 4) is 0 Å². The molecular weight excluding hydrogens is 192 g/mol. The van der Waals surface area contributed by atoms with Gasteiger partial charge in [-0.05, 0) is 28.9 Å². The van der Waals surface area contributed by atoms with Gasteiger partial charge in [-0.2, -0.15) is 0 Å². The van der Waals surface area contributed by atoms with Gasteiger partial charge in [-0.25, -0.2) is 0 Å². The lowest BCUT2D eigenvalue weighted by Crippen LogP contribution is -1.90. The molecule has 1 aromatic rings. The summed E-state index contributed by atoms with van der Waals surface area (Å²) in [4.78, 5) is 0. The Kier molecular flexibility index (Phi) is 7.12. The zero-order chi connectivity index (χ0) is 12.7. The fourth-order valence-corrected chi connectivity index (χ4v) is 1.27. The van der Waals surface area contributed by atoms with Gasteiger partial charge in [0.05, 0.1) is 0 Å². The van der Waals surface area contributed by atoms with Gasteiger partial charge in [0, 0.05) is 0 Å². The van der Waals surface area contributed by atoms with Crippen molar-refractivity contribution < 1.29 is 0 Å². The topological polar surface area (TPSA) is 0 Å². The molecule has 0 atom stereocenters. The van der Waals surface area contributed by atoms with Crippen LogP contribution in [0.3, 0.4) is 0 Å². The summed E-state index contributed by atoms with van der Waals surface area (Å²) in [5.41, 5.74) is 2.86. The molecule has 0 saturated heterocycles. The van der Waals surface area contributed by atoms with Gasteiger partial charge in [0.2, 0.25) is 0 Å². The Morgan fingerprint density at radius 1 is 0.562 bits per heavy atom. The molecule has 0 unspecified atom stereocenters. The third kappa shape index (κ3) is 6.66. The molecule has 0 aliphatic rings. The van der Waals surface area contributed by atoms with E-state index in [1.54, 1.807) is 0 Å². The minimum Gasteiger partial charge on any atom is -0.0630 e. The minimum atomic E-state index is 0.645. The monoisotopic (exact) mass is 220 g/mol. The van der Waals surface area contributed by atoms with Crippen LogP contribution in [0.4, 0.5) is 0 Å². The van der Waals surface area contributed by atoms with Crippen LogP contribution in [0.5, 0.6) is 0 Å². The molecule has 0 aromatic heterocycles. The van der Waals surface area contributed by atoms with Gasteiger partial charge in [0.15, 0.2) is 0 Å². The molecule has 0 radical (unpaired) electrons. The molecule has 1 aromatic carbocycles. The van der Waals surface area contributed by atoms with E-state index in [0.29, 0.717) is 11.8 Å². The number of benzene rings is 1. The van der Waals surface area contributed by atoms with E-state index in [1.165, 1.54) is 11.1 Å². The highest BCUT2D eigenvalue weighted by Gasteiger charge is 2.00. The first kappa shape index (κ1) is 15.2. The van der Waals surface area contributed by atoms with E-state index in [9.17, 15) is 0 Å². The first-order chi connectivity index (χ1) is 7.34. The first-order valence-electron chi connectivity index (χ1n) is 6.44. The summed E-state index contributed by atoms with van der Waals surface area (Å²) in [7, 11) is 0. The Morgan fingerprint density at radius 3 is 0.875 bits per heavy atom. The van der Waals surface area contributed by atoms with Crippen molar-refractivity contribution in [2.24, 2.45) is 5.92 Å². The molecule has 1 rings (SSSR count). The molecule has 0 bridgehead atoms. The average molecular weight is 220 g/mol. The van der Waals surface area contributed by atoms with Crippen LogP contribution < -0.4 is 0 Å². The van der Waals surface area contributed by atoms with Crippen molar-refractivity contribution >= 4 is 0 Å². The van der Waals surface area contributed by atoms with Gasteiger partial charge in [-0.15, -0.1) is 0 Å². The van der Waals surface area contributed by atoms with Crippen LogP contribution in [0.25, 0.3) is 0 Å². The van der Waals surface area contributed by atoms with Gasteiger partial charge in [-0.3, -0.25) is 0 Å². The van der Waals surface area contributed by atoms with Crippen molar-refractivity contribution in [1.82, 2.24) is 0 Å². The van der Waals surface area contributed by atoms with E-state index in [2.05, 4.69) is 72.7 Å². The molecular formula is C16H28. The van der Waals surface area contributed by atoms with Crippen LogP contribution in [-0.4, -0.2) is 0 Å². The van der Waals surface area contributed by atoms with Gasteiger partial charge < -0.3 is 0 Å². The Morgan fingerprint density at radius 2 is 0.750 bits per heavy atom. The second-order valence-electron chi connectivity index (χ2n) is 5.71. The Hall–Kier alpha value is -0.780. The van der Waals surface area contributed by atoms with Gasteiger partial charge in [0.1, 0.15) is 0 Å². The molecule has 0 saturated carbocycles. The zero-order valence-corrected chi connectivity index (χ0v) is 12.0. The second kappa shape index (κ2) is 7.49. The van der Waals surface area contributed by atoms with Crippen molar-refractivity contribution in [2.45, 2.75) is 60.3 Å². The van der Waals surface area contributed by atoms with E-state index >= 15 is 0 Å². The quantitative estimate of drug-likeness (QED) is 0.609. The summed E-state index contributed by atoms with van der Waals surface area (Å²) < 4.78 is 0. The number of hydrogen-bond acceptors (Lipinski definition) is 0. The van der Waals surface area contributed by atoms with Gasteiger partial charge in [-0.1, -0.05) is 72.7 Å². The molecule has 0 N–H and O–H groups in total. The lowest BCUT2D eigenvalue weighted by molar-refractivity contribution is 0.737. The predicted octanol–water partition coefficient (Wildman–Crippen LogP) is 5.60. The van der Waals surface area contributed by atoms with Gasteiger partial charge in [0.25, 0.3) is 0 Å². The van der Waals surface area contributed by atoms with Crippen molar-refractivity contribution in [3.63, 3.8) is 0 Å². The average Bonchev–Trinajstić information content (AvgIpc) is 2.17. The second-order valence-corrected chi connectivity index (χ2v) is 5.71. The lowest BCUT2D eigenvalue weighted by atomic mass is 9.97. The van der Waals surface area contributed by atoms with Crippen molar-refractivity contribution in [1.29, 1.82) is 0 Å². The van der Waals surface area contributed by atoms with E-state index < -0.39 is 0 Å². The Balaban J connectivity index is 0.000000487. The molecule has 92 valence electrons. The molecule has 0 heteroatoms. The predicted molar refractivity (Wildman–Crippen MR) is 75.1 cm³/mol. The van der Waals surface area contributed by atoms with Crippen LogP contribution in [0.15, 0.2) is 24.3 Å². The smallest absolute Gasteiger partial charge is 0.0219 e. The summed E-state index contributed by atoms with van der Waals surface area (Å²) in [6.45, 7) is 15.4. The normalized spacial score (nSPS) is 10.6. The summed E-state index contributed by atoms with van der Waals surface area (Å²) in [5, 5.41) is 0. The van der Waals surface area contributed by atoms with Crippen LogP contribution in [0, 0.1) is 5.92 Å². The zero-order valence-electron chi connectivity index (χ0n) is 12.0. The van der Waals surface area contributed by atoms with Crippen molar-refractivity contribution in [3.05, 3.63) is 35.4 Å². The highest BCUT2D eigenvalue weighted by atomic mass is 14.1. The summed E-state index contributed by atoms with van der Waals surface area (Å²) >= 11 is 0. The maximum absolute atomic E-state index is 2.24. The minimum absolute atomic E-state index is 0.645. The largest absolute Gasteiger partial charge is 0.0630 e. The maximum Gasteiger partial charge on any atom is -0.0219 e. The van der Waals surface area contributed by atoms with Crippen LogP contribution in [0.1, 0.15) is 71.4 Å². The highest BCUT2D eigenvalue weighted by Crippen LogP contribution is 2.18. The van der Waals surface area contributed by atoms with Crippen LogP contribution in [0.2, 0.25) is 0 Å². The molecule has 16 heavy (non-hydrogen) atoms. The Bertz CT molecular complexity index is 235. The van der Waals surface area contributed by atoms with Crippen LogP contribution in [-0.2, 0) is 0 Å². The highest BCUT2D eigenvalue weighted by molar-refractivity contribution is 5.26. The molecule has 0 nitrogen and oxygen atoms in total. The van der Waals surface area contributed by atoms with Gasteiger partial charge >= 0.3 is 0 Å². The van der Waals surface area contributed by atoms with Crippen molar-refractivity contribution in [2.75, 3.05) is 0 Å².